The number of likely N-dealkylation sites (N-methyl/N-ethyl adjacent to an activating group) is 1. The molecule has 1 N–H and O–H groups in total. The van der Waals surface area contributed by atoms with Crippen molar-refractivity contribution in [3.05, 3.63) is 24.3 Å². The molecule has 4 aliphatic rings. The number of benzene rings is 1. The predicted molar refractivity (Wildman–Crippen MR) is 120 cm³/mol. The molecule has 3 aliphatic heterocycles. The van der Waals surface area contributed by atoms with E-state index in [9.17, 15) is 9.90 Å². The first-order chi connectivity index (χ1) is 14.5. The van der Waals surface area contributed by atoms with Gasteiger partial charge in [0.15, 0.2) is 0 Å². The van der Waals surface area contributed by atoms with Crippen molar-refractivity contribution in [2.75, 3.05) is 56.1 Å². The number of urea groups is 1. The molecule has 164 valence electrons. The second-order valence-electron chi connectivity index (χ2n) is 9.88. The van der Waals surface area contributed by atoms with E-state index in [1.165, 1.54) is 37.8 Å². The van der Waals surface area contributed by atoms with Crippen LogP contribution in [-0.4, -0.2) is 78.9 Å². The van der Waals surface area contributed by atoms with Gasteiger partial charge in [0, 0.05) is 69.7 Å². The highest BCUT2D eigenvalue weighted by Crippen LogP contribution is 2.41. The molecule has 4 fully saturated rings. The van der Waals surface area contributed by atoms with Crippen LogP contribution in [0.2, 0.25) is 0 Å². The summed E-state index contributed by atoms with van der Waals surface area (Å²) in [5, 5.41) is 11.0. The molecule has 0 aromatic heterocycles. The molecule has 3 saturated heterocycles. The summed E-state index contributed by atoms with van der Waals surface area (Å²) in [7, 11) is 1.86. The Kier molecular flexibility index (Phi) is 5.40. The molecule has 1 aromatic rings. The standard InChI is InChI=1S/C24H36N4O2/c1-25-16-17-28(23(25)29)22-7-5-20(6-8-22)26-13-9-21(10-14-26)27-15-12-24(30)11-3-2-4-19(24)18-27/h5-8,19,21,30H,2-4,9-18H2,1H3/t19-,24-/m0/s1. The molecule has 3 heterocycles. The zero-order chi connectivity index (χ0) is 20.7. The van der Waals surface area contributed by atoms with Gasteiger partial charge in [0.1, 0.15) is 0 Å². The predicted octanol–water partition coefficient (Wildman–Crippen LogP) is 3.15. The van der Waals surface area contributed by atoms with E-state index >= 15 is 0 Å². The number of rotatable bonds is 3. The van der Waals surface area contributed by atoms with E-state index in [4.69, 9.17) is 0 Å². The maximum Gasteiger partial charge on any atom is 0.324 e. The van der Waals surface area contributed by atoms with Gasteiger partial charge in [0.05, 0.1) is 5.60 Å². The Labute approximate surface area is 180 Å². The second kappa shape index (κ2) is 8.04. The van der Waals surface area contributed by atoms with Crippen molar-refractivity contribution in [3.63, 3.8) is 0 Å². The van der Waals surface area contributed by atoms with E-state index in [2.05, 4.69) is 34.1 Å². The number of nitrogens with zero attached hydrogens (tertiary/aromatic N) is 4. The molecule has 6 nitrogen and oxygen atoms in total. The third kappa shape index (κ3) is 3.69. The lowest BCUT2D eigenvalue weighted by Gasteiger charge is -2.50. The summed E-state index contributed by atoms with van der Waals surface area (Å²) in [6.07, 6.45) is 8.06. The fraction of sp³-hybridized carbons (Fsp3) is 0.708. The minimum atomic E-state index is -0.372. The third-order valence-corrected chi connectivity index (χ3v) is 8.18. The van der Waals surface area contributed by atoms with Gasteiger partial charge in [-0.1, -0.05) is 12.8 Å². The van der Waals surface area contributed by atoms with Crippen LogP contribution in [0.15, 0.2) is 24.3 Å². The Morgan fingerprint density at radius 1 is 0.900 bits per heavy atom. The number of carbonyl (C=O) groups excluding carboxylic acids is 1. The number of fused-ring (bicyclic) bond motifs is 1. The molecule has 1 aromatic carbocycles. The summed E-state index contributed by atoms with van der Waals surface area (Å²) >= 11 is 0. The summed E-state index contributed by atoms with van der Waals surface area (Å²) in [5.74, 6) is 0.484. The van der Waals surface area contributed by atoms with E-state index in [-0.39, 0.29) is 11.6 Å². The van der Waals surface area contributed by atoms with Gasteiger partial charge in [-0.15, -0.1) is 0 Å². The third-order valence-electron chi connectivity index (χ3n) is 8.18. The number of likely N-dealkylation sites (tertiary alicyclic amines) is 1. The Morgan fingerprint density at radius 3 is 2.33 bits per heavy atom. The Bertz CT molecular complexity index is 761. The number of amides is 2. The second-order valence-corrected chi connectivity index (χ2v) is 9.88. The Hall–Kier alpha value is -1.79. The summed E-state index contributed by atoms with van der Waals surface area (Å²) in [5.41, 5.74) is 1.89. The van der Waals surface area contributed by atoms with Gasteiger partial charge in [-0.2, -0.15) is 0 Å². The molecule has 6 heteroatoms. The van der Waals surface area contributed by atoms with E-state index in [1.54, 1.807) is 4.90 Å². The lowest BCUT2D eigenvalue weighted by molar-refractivity contribution is -0.104. The van der Waals surface area contributed by atoms with Crippen molar-refractivity contribution < 1.29 is 9.90 Å². The molecule has 1 saturated carbocycles. The van der Waals surface area contributed by atoms with Crippen molar-refractivity contribution in [2.24, 2.45) is 5.92 Å². The van der Waals surface area contributed by atoms with E-state index in [0.29, 0.717) is 12.0 Å². The van der Waals surface area contributed by atoms with Crippen LogP contribution in [0.5, 0.6) is 0 Å². The van der Waals surface area contributed by atoms with Gasteiger partial charge < -0.3 is 14.9 Å². The van der Waals surface area contributed by atoms with Crippen LogP contribution >= 0.6 is 0 Å². The van der Waals surface area contributed by atoms with Gasteiger partial charge in [-0.3, -0.25) is 9.80 Å². The lowest BCUT2D eigenvalue weighted by Crippen LogP contribution is -2.57. The lowest BCUT2D eigenvalue weighted by atomic mass is 9.71. The monoisotopic (exact) mass is 412 g/mol. The molecule has 2 atom stereocenters. The molecule has 0 spiro atoms. The number of piperidine rings is 2. The first-order valence-corrected chi connectivity index (χ1v) is 11.9. The van der Waals surface area contributed by atoms with Crippen molar-refractivity contribution >= 4 is 17.4 Å². The molecule has 1 aliphatic carbocycles. The van der Waals surface area contributed by atoms with Crippen LogP contribution in [0.3, 0.4) is 0 Å². The van der Waals surface area contributed by atoms with Crippen LogP contribution in [0.4, 0.5) is 16.2 Å². The fourth-order valence-electron chi connectivity index (χ4n) is 6.15. The van der Waals surface area contributed by atoms with Crippen LogP contribution in [0.25, 0.3) is 0 Å². The minimum Gasteiger partial charge on any atom is -0.390 e. The van der Waals surface area contributed by atoms with Gasteiger partial charge in [0.2, 0.25) is 0 Å². The minimum absolute atomic E-state index is 0.0926. The summed E-state index contributed by atoms with van der Waals surface area (Å²) in [6.45, 7) is 5.88. The first-order valence-electron chi connectivity index (χ1n) is 11.9. The molecule has 0 radical (unpaired) electrons. The van der Waals surface area contributed by atoms with E-state index in [0.717, 1.165) is 57.8 Å². The van der Waals surface area contributed by atoms with Crippen molar-refractivity contribution in [1.29, 1.82) is 0 Å². The molecule has 30 heavy (non-hydrogen) atoms. The van der Waals surface area contributed by atoms with Gasteiger partial charge in [0.25, 0.3) is 0 Å². The zero-order valence-corrected chi connectivity index (χ0v) is 18.3. The number of hydrogen-bond acceptors (Lipinski definition) is 4. The van der Waals surface area contributed by atoms with Crippen LogP contribution in [0, 0.1) is 5.92 Å². The van der Waals surface area contributed by atoms with Gasteiger partial charge in [-0.25, -0.2) is 4.79 Å². The van der Waals surface area contributed by atoms with E-state index in [1.807, 2.05) is 11.9 Å². The SMILES string of the molecule is CN1CCN(c2ccc(N3CCC(N4CC[C@@]5(O)CCCC[C@H]5C4)CC3)cc2)C1=O. The highest BCUT2D eigenvalue weighted by Gasteiger charge is 2.44. The number of anilines is 2. The summed E-state index contributed by atoms with van der Waals surface area (Å²) < 4.78 is 0. The average molecular weight is 413 g/mol. The van der Waals surface area contributed by atoms with Crippen molar-refractivity contribution in [1.82, 2.24) is 9.80 Å². The van der Waals surface area contributed by atoms with Crippen molar-refractivity contribution in [3.8, 4) is 0 Å². The average Bonchev–Trinajstić information content (AvgIpc) is 3.12. The molecule has 0 bridgehead atoms. The highest BCUT2D eigenvalue weighted by atomic mass is 16.3. The van der Waals surface area contributed by atoms with Gasteiger partial charge in [-0.05, 0) is 56.4 Å². The largest absolute Gasteiger partial charge is 0.390 e. The molecule has 2 amide bonds. The molecule has 5 rings (SSSR count). The molecular formula is C24H36N4O2. The normalized spacial score (nSPS) is 31.3. The van der Waals surface area contributed by atoms with Crippen LogP contribution in [-0.2, 0) is 0 Å². The summed E-state index contributed by atoms with van der Waals surface area (Å²) in [6, 6.07) is 9.27. The number of carbonyl (C=O) groups is 1. The molecular weight excluding hydrogens is 376 g/mol. The Balaban J connectivity index is 1.16. The first kappa shape index (κ1) is 20.1. The van der Waals surface area contributed by atoms with Crippen LogP contribution in [0.1, 0.15) is 44.9 Å². The number of aliphatic hydroxyl groups is 1. The molecule has 0 unspecified atom stereocenters. The van der Waals surface area contributed by atoms with E-state index < -0.39 is 0 Å². The quantitative estimate of drug-likeness (QED) is 0.829. The maximum atomic E-state index is 12.2. The van der Waals surface area contributed by atoms with Gasteiger partial charge >= 0.3 is 6.03 Å². The number of hydrogen-bond donors (Lipinski definition) is 1. The zero-order valence-electron chi connectivity index (χ0n) is 18.3. The smallest absolute Gasteiger partial charge is 0.324 e. The maximum absolute atomic E-state index is 12.2. The summed E-state index contributed by atoms with van der Waals surface area (Å²) in [4.78, 5) is 21.0. The highest BCUT2D eigenvalue weighted by molar-refractivity contribution is 5.94. The topological polar surface area (TPSA) is 50.3 Å². The Morgan fingerprint density at radius 2 is 1.63 bits per heavy atom. The van der Waals surface area contributed by atoms with Crippen LogP contribution < -0.4 is 9.80 Å². The fourth-order valence-corrected chi connectivity index (χ4v) is 6.15. The van der Waals surface area contributed by atoms with Crippen molar-refractivity contribution in [2.45, 2.75) is 56.6 Å².